The van der Waals surface area contributed by atoms with Gasteiger partial charge in [0.1, 0.15) is 5.60 Å². The van der Waals surface area contributed by atoms with E-state index in [0.29, 0.717) is 30.8 Å². The van der Waals surface area contributed by atoms with Crippen LogP contribution in [-0.4, -0.2) is 30.2 Å². The second-order valence-electron chi connectivity index (χ2n) is 6.95. The summed E-state index contributed by atoms with van der Waals surface area (Å²) >= 11 is 0. The molecule has 0 heterocycles. The number of ether oxygens (including phenoxy) is 1. The van der Waals surface area contributed by atoms with Crippen LogP contribution in [0.5, 0.6) is 0 Å². The number of carbonyl (C=O) groups excluding carboxylic acids is 2. The van der Waals surface area contributed by atoms with E-state index in [-0.39, 0.29) is 5.91 Å². The number of carbonyl (C=O) groups is 2. The highest BCUT2D eigenvalue weighted by molar-refractivity contribution is 5.77. The van der Waals surface area contributed by atoms with Crippen LogP contribution in [0.1, 0.15) is 52.9 Å². The van der Waals surface area contributed by atoms with Gasteiger partial charge in [-0.25, -0.2) is 4.79 Å². The quantitative estimate of drug-likeness (QED) is 0.785. The Bertz CT molecular complexity index is 356. The molecule has 0 aromatic carbocycles. The summed E-state index contributed by atoms with van der Waals surface area (Å²) in [5.41, 5.74) is -0.505. The first-order valence-corrected chi connectivity index (χ1v) is 7.61. The number of hydrogen-bond donors (Lipinski definition) is 2. The third-order valence-corrected chi connectivity index (χ3v) is 3.61. The standard InChI is InChI=1S/C15H26N2O3/c1-15(2,3)20-14(19)16-9-8-12(18)17-13(10-4-5-10)11-6-7-11/h10-11,13H,4-9H2,1-3H3,(H,16,19)(H,17,18). The van der Waals surface area contributed by atoms with Crippen molar-refractivity contribution in [3.05, 3.63) is 0 Å². The van der Waals surface area contributed by atoms with Crippen molar-refractivity contribution in [2.45, 2.75) is 64.5 Å². The van der Waals surface area contributed by atoms with Crippen molar-refractivity contribution in [2.75, 3.05) is 6.54 Å². The minimum Gasteiger partial charge on any atom is -0.444 e. The van der Waals surface area contributed by atoms with Gasteiger partial charge in [-0.15, -0.1) is 0 Å². The Balaban J connectivity index is 1.61. The Hall–Kier alpha value is -1.26. The number of hydrogen-bond acceptors (Lipinski definition) is 3. The molecule has 2 aliphatic carbocycles. The van der Waals surface area contributed by atoms with Crippen molar-refractivity contribution in [2.24, 2.45) is 11.8 Å². The molecule has 0 spiro atoms. The molecule has 2 aliphatic rings. The smallest absolute Gasteiger partial charge is 0.407 e. The van der Waals surface area contributed by atoms with Gasteiger partial charge >= 0.3 is 6.09 Å². The lowest BCUT2D eigenvalue weighted by Gasteiger charge is -2.20. The third kappa shape index (κ3) is 5.39. The van der Waals surface area contributed by atoms with E-state index >= 15 is 0 Å². The zero-order valence-electron chi connectivity index (χ0n) is 12.7. The van der Waals surface area contributed by atoms with E-state index in [0.717, 1.165) is 0 Å². The van der Waals surface area contributed by atoms with Crippen molar-refractivity contribution in [3.8, 4) is 0 Å². The van der Waals surface area contributed by atoms with E-state index in [1.165, 1.54) is 25.7 Å². The van der Waals surface area contributed by atoms with E-state index in [1.54, 1.807) is 0 Å². The molecule has 0 unspecified atom stereocenters. The van der Waals surface area contributed by atoms with Crippen LogP contribution >= 0.6 is 0 Å². The van der Waals surface area contributed by atoms with Gasteiger partial charge in [-0.2, -0.15) is 0 Å². The first kappa shape index (κ1) is 15.1. The molecule has 0 radical (unpaired) electrons. The maximum atomic E-state index is 11.9. The average Bonchev–Trinajstić information content (AvgIpc) is 3.15. The first-order chi connectivity index (χ1) is 9.35. The molecular weight excluding hydrogens is 256 g/mol. The molecule has 2 N–H and O–H groups in total. The lowest BCUT2D eigenvalue weighted by molar-refractivity contribution is -0.122. The highest BCUT2D eigenvalue weighted by Gasteiger charge is 2.42. The van der Waals surface area contributed by atoms with Crippen molar-refractivity contribution in [1.29, 1.82) is 0 Å². The van der Waals surface area contributed by atoms with Crippen LogP contribution in [0.25, 0.3) is 0 Å². The molecule has 0 aromatic heterocycles. The van der Waals surface area contributed by atoms with Crippen LogP contribution in [0.15, 0.2) is 0 Å². The minimum atomic E-state index is -0.505. The molecule has 5 nitrogen and oxygen atoms in total. The van der Waals surface area contributed by atoms with Gasteiger partial charge in [0.15, 0.2) is 0 Å². The summed E-state index contributed by atoms with van der Waals surface area (Å²) in [6.45, 7) is 5.77. The number of rotatable bonds is 6. The number of nitrogens with one attached hydrogen (secondary N) is 2. The normalized spacial score (nSPS) is 18.8. The molecule has 5 heteroatoms. The molecule has 0 aliphatic heterocycles. The van der Waals surface area contributed by atoms with Crippen LogP contribution in [0.3, 0.4) is 0 Å². The molecule has 2 fully saturated rings. The predicted octanol–water partition coefficient (Wildman–Crippen LogP) is 2.21. The van der Waals surface area contributed by atoms with Gasteiger partial charge in [0.2, 0.25) is 5.91 Å². The number of amides is 2. The fourth-order valence-electron chi connectivity index (χ4n) is 2.38. The van der Waals surface area contributed by atoms with E-state index in [4.69, 9.17) is 4.74 Å². The molecule has 20 heavy (non-hydrogen) atoms. The highest BCUT2D eigenvalue weighted by Crippen LogP contribution is 2.44. The van der Waals surface area contributed by atoms with Crippen LogP contribution in [-0.2, 0) is 9.53 Å². The lowest BCUT2D eigenvalue weighted by atomic mass is 10.1. The third-order valence-electron chi connectivity index (χ3n) is 3.61. The predicted molar refractivity (Wildman–Crippen MR) is 76.2 cm³/mol. The van der Waals surface area contributed by atoms with Crippen LogP contribution in [0.4, 0.5) is 4.79 Å². The second-order valence-corrected chi connectivity index (χ2v) is 6.95. The topological polar surface area (TPSA) is 67.4 Å². The summed E-state index contributed by atoms with van der Waals surface area (Å²) in [7, 11) is 0. The molecular formula is C15H26N2O3. The van der Waals surface area contributed by atoms with Gasteiger partial charge < -0.3 is 15.4 Å². The first-order valence-electron chi connectivity index (χ1n) is 7.61. The molecule has 2 amide bonds. The summed E-state index contributed by atoms with van der Waals surface area (Å²) < 4.78 is 5.12. The monoisotopic (exact) mass is 282 g/mol. The molecule has 0 bridgehead atoms. The molecule has 0 saturated heterocycles. The maximum absolute atomic E-state index is 11.9. The van der Waals surface area contributed by atoms with Gasteiger partial charge in [-0.05, 0) is 58.3 Å². The van der Waals surface area contributed by atoms with Gasteiger partial charge in [0.05, 0.1) is 0 Å². The maximum Gasteiger partial charge on any atom is 0.407 e. The van der Waals surface area contributed by atoms with Gasteiger partial charge in [-0.1, -0.05) is 0 Å². The minimum absolute atomic E-state index is 0.0323. The van der Waals surface area contributed by atoms with Crippen LogP contribution in [0.2, 0.25) is 0 Å². The summed E-state index contributed by atoms with van der Waals surface area (Å²) in [6, 6.07) is 0.379. The summed E-state index contributed by atoms with van der Waals surface area (Å²) in [6.07, 6.45) is 4.84. The Labute approximate surface area is 120 Å². The van der Waals surface area contributed by atoms with Gasteiger partial charge in [0.25, 0.3) is 0 Å². The Morgan fingerprint density at radius 3 is 2.15 bits per heavy atom. The van der Waals surface area contributed by atoms with Crippen molar-refractivity contribution < 1.29 is 14.3 Å². The molecule has 0 atom stereocenters. The summed E-state index contributed by atoms with van der Waals surface area (Å²) in [5.74, 6) is 1.43. The summed E-state index contributed by atoms with van der Waals surface area (Å²) in [4.78, 5) is 23.3. The number of alkyl carbamates (subject to hydrolysis) is 1. The van der Waals surface area contributed by atoms with Crippen LogP contribution in [0, 0.1) is 11.8 Å². The molecule has 0 aromatic rings. The average molecular weight is 282 g/mol. The van der Waals surface area contributed by atoms with Crippen LogP contribution < -0.4 is 10.6 Å². The Morgan fingerprint density at radius 1 is 1.15 bits per heavy atom. The van der Waals surface area contributed by atoms with E-state index in [2.05, 4.69) is 10.6 Å². The zero-order valence-corrected chi connectivity index (χ0v) is 12.7. The molecule has 2 rings (SSSR count). The highest BCUT2D eigenvalue weighted by atomic mass is 16.6. The lowest BCUT2D eigenvalue weighted by Crippen LogP contribution is -2.40. The van der Waals surface area contributed by atoms with E-state index < -0.39 is 11.7 Å². The fraction of sp³-hybridized carbons (Fsp3) is 0.867. The molecule has 2 saturated carbocycles. The van der Waals surface area contributed by atoms with E-state index in [9.17, 15) is 9.59 Å². The van der Waals surface area contributed by atoms with Crippen molar-refractivity contribution >= 4 is 12.0 Å². The zero-order chi connectivity index (χ0) is 14.8. The Morgan fingerprint density at radius 2 is 1.70 bits per heavy atom. The fourth-order valence-corrected chi connectivity index (χ4v) is 2.38. The van der Waals surface area contributed by atoms with Crippen molar-refractivity contribution in [3.63, 3.8) is 0 Å². The van der Waals surface area contributed by atoms with Gasteiger partial charge in [-0.3, -0.25) is 4.79 Å². The van der Waals surface area contributed by atoms with Crippen molar-refractivity contribution in [1.82, 2.24) is 10.6 Å². The summed E-state index contributed by atoms with van der Waals surface area (Å²) in [5, 5.41) is 5.74. The molecule has 114 valence electrons. The van der Waals surface area contributed by atoms with E-state index in [1.807, 2.05) is 20.8 Å². The SMILES string of the molecule is CC(C)(C)OC(=O)NCCC(=O)NC(C1CC1)C1CC1. The second kappa shape index (κ2) is 6.02. The van der Waals surface area contributed by atoms with Gasteiger partial charge in [0, 0.05) is 19.0 Å². The Kier molecular flexibility index (Phi) is 4.55. The largest absolute Gasteiger partial charge is 0.444 e.